The first-order valence-corrected chi connectivity index (χ1v) is 8.44. The Balaban J connectivity index is 2.04. The Kier molecular flexibility index (Phi) is 5.29. The number of nitro groups is 1. The van der Waals surface area contributed by atoms with Crippen LogP contribution in [0.2, 0.25) is 5.02 Å². The summed E-state index contributed by atoms with van der Waals surface area (Å²) in [6, 6.07) is 10.2. The fourth-order valence-corrected chi connectivity index (χ4v) is 2.82. The van der Waals surface area contributed by atoms with Crippen molar-refractivity contribution in [3.8, 4) is 5.69 Å². The summed E-state index contributed by atoms with van der Waals surface area (Å²) < 4.78 is 40.2. The molecule has 0 unspecified atom stereocenters. The van der Waals surface area contributed by atoms with Crippen molar-refractivity contribution >= 4 is 28.9 Å². The molecule has 3 rings (SSSR count). The number of rotatable bonds is 4. The molecular formula is C18H12ClF3N4O3. The number of nitrogens with zero attached hydrogens (tertiary/aromatic N) is 3. The van der Waals surface area contributed by atoms with Crippen molar-refractivity contribution in [2.45, 2.75) is 13.1 Å². The number of hydrogen-bond donors (Lipinski definition) is 1. The number of nitrogens with one attached hydrogen (secondary N) is 1. The summed E-state index contributed by atoms with van der Waals surface area (Å²) >= 11 is 5.96. The van der Waals surface area contributed by atoms with Crippen LogP contribution in [0.3, 0.4) is 0 Å². The molecule has 7 nitrogen and oxygen atoms in total. The molecule has 0 saturated carbocycles. The van der Waals surface area contributed by atoms with Crippen LogP contribution >= 0.6 is 11.6 Å². The zero-order valence-corrected chi connectivity index (χ0v) is 15.5. The highest BCUT2D eigenvalue weighted by atomic mass is 35.5. The van der Waals surface area contributed by atoms with Gasteiger partial charge in [0.25, 0.3) is 11.6 Å². The van der Waals surface area contributed by atoms with Crippen molar-refractivity contribution in [2.24, 2.45) is 0 Å². The van der Waals surface area contributed by atoms with Crippen LogP contribution in [0.15, 0.2) is 48.5 Å². The summed E-state index contributed by atoms with van der Waals surface area (Å²) in [5, 5.41) is 18.0. The molecule has 0 bridgehead atoms. The quantitative estimate of drug-likeness (QED) is 0.470. The van der Waals surface area contributed by atoms with Crippen LogP contribution in [0.1, 0.15) is 21.7 Å². The Morgan fingerprint density at radius 3 is 2.52 bits per heavy atom. The third-order valence-electron chi connectivity index (χ3n) is 3.91. The molecule has 3 aromatic rings. The van der Waals surface area contributed by atoms with E-state index < -0.39 is 34.1 Å². The minimum atomic E-state index is -4.77. The van der Waals surface area contributed by atoms with Crippen LogP contribution in [0.25, 0.3) is 5.69 Å². The highest BCUT2D eigenvalue weighted by Gasteiger charge is 2.37. The van der Waals surface area contributed by atoms with Gasteiger partial charge in [-0.25, -0.2) is 4.68 Å². The second-order valence-corrected chi connectivity index (χ2v) is 6.38. The number of carbonyl (C=O) groups is 1. The number of anilines is 1. The van der Waals surface area contributed by atoms with Gasteiger partial charge in [-0.05, 0) is 37.3 Å². The number of nitro benzene ring substituents is 1. The number of halogens is 4. The third kappa shape index (κ3) is 4.21. The lowest BCUT2D eigenvalue weighted by Crippen LogP contribution is -2.16. The molecule has 0 aliphatic carbocycles. The molecule has 1 aromatic heterocycles. The Morgan fingerprint density at radius 1 is 1.21 bits per heavy atom. The monoisotopic (exact) mass is 424 g/mol. The number of aryl methyl sites for hydroxylation is 1. The fourth-order valence-electron chi connectivity index (χ4n) is 2.63. The number of alkyl halides is 3. The van der Waals surface area contributed by atoms with Crippen molar-refractivity contribution in [3.63, 3.8) is 0 Å². The van der Waals surface area contributed by atoms with Gasteiger partial charge in [-0.15, -0.1) is 0 Å². The number of para-hydroxylation sites is 1. The van der Waals surface area contributed by atoms with Crippen LogP contribution in [0, 0.1) is 17.0 Å². The Hall–Kier alpha value is -3.40. The van der Waals surface area contributed by atoms with Crippen molar-refractivity contribution in [3.05, 3.63) is 80.6 Å². The van der Waals surface area contributed by atoms with Gasteiger partial charge >= 0.3 is 6.18 Å². The smallest absolute Gasteiger partial charge is 0.321 e. The van der Waals surface area contributed by atoms with Crippen molar-refractivity contribution < 1.29 is 22.9 Å². The number of hydrogen-bond acceptors (Lipinski definition) is 4. The largest absolute Gasteiger partial charge is 0.433 e. The first kappa shape index (κ1) is 20.3. The number of benzene rings is 2. The first-order chi connectivity index (χ1) is 13.6. The normalized spacial score (nSPS) is 11.3. The van der Waals surface area contributed by atoms with Crippen LogP contribution in [-0.2, 0) is 6.18 Å². The molecule has 2 aromatic carbocycles. The average Bonchev–Trinajstić information content (AvgIpc) is 3.05. The van der Waals surface area contributed by atoms with Crippen LogP contribution in [-0.4, -0.2) is 20.6 Å². The summed E-state index contributed by atoms with van der Waals surface area (Å²) in [4.78, 5) is 23.0. The Bertz CT molecular complexity index is 1110. The topological polar surface area (TPSA) is 90.1 Å². The van der Waals surface area contributed by atoms with Gasteiger partial charge in [0.15, 0.2) is 0 Å². The second kappa shape index (κ2) is 7.55. The van der Waals surface area contributed by atoms with Crippen LogP contribution in [0.5, 0.6) is 0 Å². The van der Waals surface area contributed by atoms with Crippen molar-refractivity contribution in [1.29, 1.82) is 0 Å². The summed E-state index contributed by atoms with van der Waals surface area (Å²) in [5.41, 5.74) is -2.08. The first-order valence-electron chi connectivity index (χ1n) is 8.06. The lowest BCUT2D eigenvalue weighted by Gasteiger charge is -2.12. The highest BCUT2D eigenvalue weighted by molar-refractivity contribution is 6.33. The van der Waals surface area contributed by atoms with E-state index in [0.29, 0.717) is 4.68 Å². The molecule has 1 N–H and O–H groups in total. The van der Waals surface area contributed by atoms with E-state index in [9.17, 15) is 28.1 Å². The summed E-state index contributed by atoms with van der Waals surface area (Å²) in [5.74, 6) is -0.708. The van der Waals surface area contributed by atoms with Gasteiger partial charge < -0.3 is 5.32 Å². The van der Waals surface area contributed by atoms with Gasteiger partial charge in [-0.3, -0.25) is 14.9 Å². The van der Waals surface area contributed by atoms with E-state index in [1.54, 1.807) is 18.2 Å². The molecule has 150 valence electrons. The fraction of sp³-hybridized carbons (Fsp3) is 0.111. The average molecular weight is 425 g/mol. The SMILES string of the molecule is Cc1cc(C(F)(F)F)n(-c2ccc(C(=O)Nc3ccccc3Cl)cc2[N+](=O)[O-])n1. The van der Waals surface area contributed by atoms with Crippen LogP contribution in [0.4, 0.5) is 24.5 Å². The van der Waals surface area contributed by atoms with Gasteiger partial charge in [0.05, 0.1) is 21.3 Å². The molecular weight excluding hydrogens is 413 g/mol. The van der Waals surface area contributed by atoms with E-state index in [-0.39, 0.29) is 22.0 Å². The van der Waals surface area contributed by atoms with E-state index in [0.717, 1.165) is 18.2 Å². The summed E-state index contributed by atoms with van der Waals surface area (Å²) in [6.45, 7) is 1.34. The molecule has 29 heavy (non-hydrogen) atoms. The summed E-state index contributed by atoms with van der Waals surface area (Å²) in [6.07, 6.45) is -4.77. The minimum absolute atomic E-state index is 0.0344. The van der Waals surface area contributed by atoms with E-state index in [2.05, 4.69) is 10.4 Å². The summed E-state index contributed by atoms with van der Waals surface area (Å²) in [7, 11) is 0. The van der Waals surface area contributed by atoms with Gasteiger partial charge in [-0.2, -0.15) is 18.3 Å². The lowest BCUT2D eigenvalue weighted by molar-refractivity contribution is -0.384. The Morgan fingerprint density at radius 2 is 1.90 bits per heavy atom. The molecule has 11 heteroatoms. The maximum Gasteiger partial charge on any atom is 0.433 e. The second-order valence-electron chi connectivity index (χ2n) is 5.98. The molecule has 0 aliphatic heterocycles. The standard InChI is InChI=1S/C18H12ClF3N4O3/c1-10-8-16(18(20,21)22)25(24-10)14-7-6-11(9-15(14)26(28)29)17(27)23-13-5-3-2-4-12(13)19/h2-9H,1H3,(H,23,27). The third-order valence-corrected chi connectivity index (χ3v) is 4.24. The maximum atomic E-state index is 13.3. The molecule has 0 radical (unpaired) electrons. The molecule has 0 saturated heterocycles. The van der Waals surface area contributed by atoms with Gasteiger partial charge in [0.2, 0.25) is 0 Å². The molecule has 0 fully saturated rings. The zero-order chi connectivity index (χ0) is 21.3. The van der Waals surface area contributed by atoms with Gasteiger partial charge in [-0.1, -0.05) is 23.7 Å². The van der Waals surface area contributed by atoms with E-state index in [1.165, 1.54) is 19.1 Å². The maximum absolute atomic E-state index is 13.3. The van der Waals surface area contributed by atoms with Gasteiger partial charge in [0, 0.05) is 11.6 Å². The molecule has 1 heterocycles. The molecule has 0 aliphatic rings. The molecule has 0 spiro atoms. The number of amides is 1. The number of aromatic nitrogens is 2. The minimum Gasteiger partial charge on any atom is -0.321 e. The van der Waals surface area contributed by atoms with Crippen molar-refractivity contribution in [1.82, 2.24) is 9.78 Å². The highest BCUT2D eigenvalue weighted by Crippen LogP contribution is 2.34. The molecule has 1 amide bonds. The van der Waals surface area contributed by atoms with Gasteiger partial charge in [0.1, 0.15) is 11.4 Å². The van der Waals surface area contributed by atoms with Crippen molar-refractivity contribution in [2.75, 3.05) is 5.32 Å². The van der Waals surface area contributed by atoms with E-state index in [1.807, 2.05) is 0 Å². The predicted molar refractivity (Wildman–Crippen MR) is 99.4 cm³/mol. The zero-order valence-electron chi connectivity index (χ0n) is 14.7. The Labute approximate surface area is 166 Å². The number of carbonyl (C=O) groups excluding carboxylic acids is 1. The molecule has 0 atom stereocenters. The van der Waals surface area contributed by atoms with Crippen LogP contribution < -0.4 is 5.32 Å². The lowest BCUT2D eigenvalue weighted by atomic mass is 10.1. The van der Waals surface area contributed by atoms with E-state index in [4.69, 9.17) is 11.6 Å². The van der Waals surface area contributed by atoms with E-state index >= 15 is 0 Å². The predicted octanol–water partition coefficient (Wildman–Crippen LogP) is 5.01.